The number of hydrogen-bond donors (Lipinski definition) is 1. The molecule has 4 rings (SSSR count). The van der Waals surface area contributed by atoms with Gasteiger partial charge in [-0.1, -0.05) is 24.3 Å². The maximum absolute atomic E-state index is 13.1. The molecule has 0 spiro atoms. The van der Waals surface area contributed by atoms with E-state index in [0.717, 1.165) is 43.1 Å². The summed E-state index contributed by atoms with van der Waals surface area (Å²) in [7, 11) is 0. The molecular weight excluding hydrogens is 385 g/mol. The van der Waals surface area contributed by atoms with Gasteiger partial charge in [-0.3, -0.25) is 4.98 Å². The van der Waals surface area contributed by atoms with Gasteiger partial charge in [-0.2, -0.15) is 5.10 Å². The van der Waals surface area contributed by atoms with Crippen molar-refractivity contribution in [1.29, 1.82) is 0 Å². The van der Waals surface area contributed by atoms with Gasteiger partial charge in [-0.15, -0.1) is 24.8 Å². The predicted molar refractivity (Wildman–Crippen MR) is 111 cm³/mol. The summed E-state index contributed by atoms with van der Waals surface area (Å²) >= 11 is 0. The number of piperidine rings is 1. The lowest BCUT2D eigenvalue weighted by Crippen LogP contribution is -2.31. The van der Waals surface area contributed by atoms with Gasteiger partial charge in [0.25, 0.3) is 0 Å². The summed E-state index contributed by atoms with van der Waals surface area (Å²) in [6, 6.07) is 15.5. The number of aromatic nitrogens is 4. The highest BCUT2D eigenvalue weighted by molar-refractivity contribution is 5.85. The van der Waals surface area contributed by atoms with Gasteiger partial charge < -0.3 is 5.32 Å². The third kappa shape index (κ3) is 4.58. The van der Waals surface area contributed by atoms with Gasteiger partial charge in [-0.25, -0.2) is 14.0 Å². The third-order valence-corrected chi connectivity index (χ3v) is 4.58. The lowest BCUT2D eigenvalue weighted by Gasteiger charge is -2.22. The largest absolute Gasteiger partial charge is 0.350 e. The topological polar surface area (TPSA) is 64.7 Å². The standard InChI is InChI=1S/C19H21N5O.2ClH/c25-19-23(14-16-8-4-5-12-21-16)22-18(15-7-6-11-20-13-15)24(19)17-9-2-1-3-10-17;;/h1-5,8-10,12,15,20H,6-7,11,13-14H2;2*1H. The summed E-state index contributed by atoms with van der Waals surface area (Å²) in [5.74, 6) is 1.07. The molecule has 3 heterocycles. The van der Waals surface area contributed by atoms with Gasteiger partial charge in [-0.05, 0) is 43.7 Å². The SMILES string of the molecule is Cl.Cl.O=c1n(Cc2ccccn2)nc(C2CCCNC2)n1-c1ccccc1. The monoisotopic (exact) mass is 407 g/mol. The number of rotatable bonds is 4. The van der Waals surface area contributed by atoms with Gasteiger partial charge in [0.2, 0.25) is 0 Å². The van der Waals surface area contributed by atoms with Crippen molar-refractivity contribution in [1.82, 2.24) is 24.6 Å². The third-order valence-electron chi connectivity index (χ3n) is 4.58. The first-order chi connectivity index (χ1) is 12.3. The van der Waals surface area contributed by atoms with E-state index in [2.05, 4.69) is 10.3 Å². The minimum absolute atomic E-state index is 0. The van der Waals surface area contributed by atoms with Crippen LogP contribution >= 0.6 is 24.8 Å². The van der Waals surface area contributed by atoms with Crippen LogP contribution in [0.3, 0.4) is 0 Å². The molecule has 27 heavy (non-hydrogen) atoms. The van der Waals surface area contributed by atoms with E-state index in [4.69, 9.17) is 5.10 Å². The van der Waals surface area contributed by atoms with Gasteiger partial charge in [0.05, 0.1) is 17.9 Å². The summed E-state index contributed by atoms with van der Waals surface area (Å²) in [5.41, 5.74) is 1.58. The fourth-order valence-electron chi connectivity index (χ4n) is 3.33. The van der Waals surface area contributed by atoms with E-state index < -0.39 is 0 Å². The Balaban J connectivity index is 0.00000131. The second kappa shape index (κ2) is 9.69. The molecule has 1 aromatic carbocycles. The minimum atomic E-state index is -0.113. The Kier molecular flexibility index (Phi) is 7.59. The number of nitrogens with zero attached hydrogens (tertiary/aromatic N) is 4. The van der Waals surface area contributed by atoms with Crippen LogP contribution in [0.1, 0.15) is 30.3 Å². The lowest BCUT2D eigenvalue weighted by atomic mass is 9.99. The Bertz CT molecular complexity index is 889. The Morgan fingerprint density at radius 1 is 1.07 bits per heavy atom. The Hall–Kier alpha value is -2.15. The van der Waals surface area contributed by atoms with Crippen LogP contribution in [0.2, 0.25) is 0 Å². The van der Waals surface area contributed by atoms with Crippen molar-refractivity contribution in [2.24, 2.45) is 0 Å². The van der Waals surface area contributed by atoms with Crippen molar-refractivity contribution in [2.45, 2.75) is 25.3 Å². The number of pyridine rings is 1. The van der Waals surface area contributed by atoms with Crippen molar-refractivity contribution >= 4 is 24.8 Å². The molecule has 1 aliphatic heterocycles. The van der Waals surface area contributed by atoms with E-state index in [1.807, 2.05) is 48.5 Å². The number of nitrogens with one attached hydrogen (secondary N) is 1. The molecule has 1 N–H and O–H groups in total. The fraction of sp³-hybridized carbons (Fsp3) is 0.316. The van der Waals surface area contributed by atoms with E-state index in [9.17, 15) is 4.79 Å². The van der Waals surface area contributed by atoms with Gasteiger partial charge in [0.1, 0.15) is 5.82 Å². The van der Waals surface area contributed by atoms with E-state index in [1.54, 1.807) is 10.8 Å². The molecule has 3 aromatic rings. The molecule has 0 saturated carbocycles. The average molecular weight is 408 g/mol. The van der Waals surface area contributed by atoms with Crippen LogP contribution in [-0.4, -0.2) is 32.4 Å². The summed E-state index contributed by atoms with van der Waals surface area (Å²) in [4.78, 5) is 17.4. The zero-order valence-corrected chi connectivity index (χ0v) is 16.5. The zero-order chi connectivity index (χ0) is 17.1. The Labute approximate surface area is 170 Å². The molecule has 0 bridgehead atoms. The highest BCUT2D eigenvalue weighted by atomic mass is 35.5. The molecule has 1 unspecified atom stereocenters. The Morgan fingerprint density at radius 3 is 2.52 bits per heavy atom. The molecule has 0 radical (unpaired) electrons. The number of hydrogen-bond acceptors (Lipinski definition) is 4. The van der Waals surface area contributed by atoms with Crippen LogP contribution in [0.4, 0.5) is 0 Å². The second-order valence-corrected chi connectivity index (χ2v) is 6.33. The molecule has 0 aliphatic carbocycles. The normalized spacial score (nSPS) is 16.2. The summed E-state index contributed by atoms with van der Waals surface area (Å²) in [6.07, 6.45) is 3.88. The predicted octanol–water partition coefficient (Wildman–Crippen LogP) is 2.79. The minimum Gasteiger partial charge on any atom is -0.316 e. The molecule has 1 aliphatic rings. The first-order valence-corrected chi connectivity index (χ1v) is 8.69. The number of benzene rings is 1. The molecule has 1 saturated heterocycles. The van der Waals surface area contributed by atoms with Crippen molar-refractivity contribution < 1.29 is 0 Å². The molecule has 1 fully saturated rings. The number of para-hydroxylation sites is 1. The molecule has 144 valence electrons. The van der Waals surface area contributed by atoms with Crippen LogP contribution in [0.25, 0.3) is 5.69 Å². The quantitative estimate of drug-likeness (QED) is 0.721. The fourth-order valence-corrected chi connectivity index (χ4v) is 3.33. The molecule has 8 heteroatoms. The smallest absolute Gasteiger partial charge is 0.316 e. The molecule has 6 nitrogen and oxygen atoms in total. The zero-order valence-electron chi connectivity index (χ0n) is 14.8. The highest BCUT2D eigenvalue weighted by Crippen LogP contribution is 2.23. The van der Waals surface area contributed by atoms with Crippen LogP contribution in [0.5, 0.6) is 0 Å². The lowest BCUT2D eigenvalue weighted by molar-refractivity contribution is 0.439. The van der Waals surface area contributed by atoms with E-state index in [0.29, 0.717) is 6.54 Å². The maximum atomic E-state index is 13.1. The van der Waals surface area contributed by atoms with E-state index in [1.165, 1.54) is 4.68 Å². The molecule has 2 aromatic heterocycles. The Morgan fingerprint density at radius 2 is 1.85 bits per heavy atom. The summed E-state index contributed by atoms with van der Waals surface area (Å²) in [5, 5.41) is 8.11. The summed E-state index contributed by atoms with van der Waals surface area (Å²) in [6.45, 7) is 2.26. The first kappa shape index (κ1) is 21.2. The first-order valence-electron chi connectivity index (χ1n) is 8.69. The van der Waals surface area contributed by atoms with E-state index >= 15 is 0 Å². The van der Waals surface area contributed by atoms with Gasteiger partial charge in [0, 0.05) is 18.7 Å². The second-order valence-electron chi connectivity index (χ2n) is 6.33. The summed E-state index contributed by atoms with van der Waals surface area (Å²) < 4.78 is 3.28. The van der Waals surface area contributed by atoms with Gasteiger partial charge in [0.15, 0.2) is 0 Å². The molecule has 0 amide bonds. The highest BCUT2D eigenvalue weighted by Gasteiger charge is 2.24. The van der Waals surface area contributed by atoms with Crippen molar-refractivity contribution in [3.63, 3.8) is 0 Å². The molecular formula is C19H23Cl2N5O. The number of halogens is 2. The van der Waals surface area contributed by atoms with E-state index in [-0.39, 0.29) is 36.4 Å². The van der Waals surface area contributed by atoms with Crippen LogP contribution in [-0.2, 0) is 6.54 Å². The van der Waals surface area contributed by atoms with Crippen molar-refractivity contribution in [2.75, 3.05) is 13.1 Å². The van der Waals surface area contributed by atoms with Gasteiger partial charge >= 0.3 is 5.69 Å². The maximum Gasteiger partial charge on any atom is 0.350 e. The van der Waals surface area contributed by atoms with Crippen molar-refractivity contribution in [3.05, 3.63) is 76.7 Å². The van der Waals surface area contributed by atoms with Crippen LogP contribution in [0.15, 0.2) is 59.5 Å². The molecule has 1 atom stereocenters. The van der Waals surface area contributed by atoms with Crippen LogP contribution in [0, 0.1) is 0 Å². The van der Waals surface area contributed by atoms with Crippen molar-refractivity contribution in [3.8, 4) is 5.69 Å². The average Bonchev–Trinajstić information content (AvgIpc) is 3.00. The van der Waals surface area contributed by atoms with Crippen LogP contribution < -0.4 is 11.0 Å².